The van der Waals surface area contributed by atoms with Gasteiger partial charge < -0.3 is 10.5 Å². The van der Waals surface area contributed by atoms with Gasteiger partial charge in [-0.15, -0.1) is 0 Å². The number of rotatable bonds is 2. The van der Waals surface area contributed by atoms with Gasteiger partial charge in [-0.2, -0.15) is 0 Å². The van der Waals surface area contributed by atoms with Crippen molar-refractivity contribution in [2.75, 3.05) is 0 Å². The summed E-state index contributed by atoms with van der Waals surface area (Å²) in [5.41, 5.74) is 9.98. The van der Waals surface area contributed by atoms with E-state index in [0.717, 1.165) is 24.5 Å². The zero-order chi connectivity index (χ0) is 13.3. The Morgan fingerprint density at radius 1 is 1.17 bits per heavy atom. The van der Waals surface area contributed by atoms with Crippen LogP contribution in [0.25, 0.3) is 0 Å². The van der Waals surface area contributed by atoms with Crippen LogP contribution in [0.3, 0.4) is 0 Å². The van der Waals surface area contributed by atoms with E-state index in [1.54, 1.807) is 0 Å². The molecule has 3 unspecified atom stereocenters. The molecular weight excluding hydrogens is 222 g/mol. The molecule has 18 heavy (non-hydrogen) atoms. The first-order valence-electron chi connectivity index (χ1n) is 6.97. The average molecular weight is 247 g/mol. The van der Waals surface area contributed by atoms with Gasteiger partial charge >= 0.3 is 0 Å². The fourth-order valence-corrected chi connectivity index (χ4v) is 2.77. The Morgan fingerprint density at radius 2 is 1.89 bits per heavy atom. The Balaban J connectivity index is 2.18. The van der Waals surface area contributed by atoms with Crippen molar-refractivity contribution in [1.29, 1.82) is 0 Å². The van der Waals surface area contributed by atoms with Crippen LogP contribution >= 0.6 is 0 Å². The summed E-state index contributed by atoms with van der Waals surface area (Å²) in [7, 11) is 0. The molecule has 0 aromatic heterocycles. The molecule has 1 aliphatic carbocycles. The molecular formula is C16H25NO. The normalized spacial score (nSPS) is 28.2. The van der Waals surface area contributed by atoms with Crippen molar-refractivity contribution < 1.29 is 4.74 Å². The maximum atomic E-state index is 6.21. The summed E-state index contributed by atoms with van der Waals surface area (Å²) in [4.78, 5) is 0. The lowest BCUT2D eigenvalue weighted by Crippen LogP contribution is -2.43. The summed E-state index contributed by atoms with van der Waals surface area (Å²) >= 11 is 0. The smallest absolute Gasteiger partial charge is 0.123 e. The van der Waals surface area contributed by atoms with Crippen LogP contribution in [0.5, 0.6) is 5.75 Å². The lowest BCUT2D eigenvalue weighted by Gasteiger charge is -2.33. The molecule has 1 aromatic rings. The average Bonchev–Trinajstić information content (AvgIpc) is 2.30. The predicted octanol–water partition coefficient (Wildman–Crippen LogP) is 3.51. The number of hydrogen-bond acceptors (Lipinski definition) is 2. The van der Waals surface area contributed by atoms with E-state index < -0.39 is 0 Å². The van der Waals surface area contributed by atoms with Gasteiger partial charge in [0.15, 0.2) is 0 Å². The fraction of sp³-hybridized carbons (Fsp3) is 0.625. The van der Waals surface area contributed by atoms with E-state index in [4.69, 9.17) is 10.5 Å². The van der Waals surface area contributed by atoms with Crippen molar-refractivity contribution in [1.82, 2.24) is 0 Å². The van der Waals surface area contributed by atoms with Crippen LogP contribution < -0.4 is 10.5 Å². The molecule has 1 fully saturated rings. The van der Waals surface area contributed by atoms with Gasteiger partial charge in [-0.3, -0.25) is 0 Å². The van der Waals surface area contributed by atoms with Crippen molar-refractivity contribution in [2.24, 2.45) is 11.7 Å². The van der Waals surface area contributed by atoms with Gasteiger partial charge in [-0.1, -0.05) is 13.0 Å². The second-order valence-corrected chi connectivity index (χ2v) is 5.94. The predicted molar refractivity (Wildman–Crippen MR) is 76.1 cm³/mol. The van der Waals surface area contributed by atoms with Crippen molar-refractivity contribution in [3.63, 3.8) is 0 Å². The van der Waals surface area contributed by atoms with Crippen LogP contribution in [0.15, 0.2) is 12.1 Å². The number of nitrogens with two attached hydrogens (primary N) is 1. The Labute approximate surface area is 111 Å². The lowest BCUT2D eigenvalue weighted by molar-refractivity contribution is 0.107. The summed E-state index contributed by atoms with van der Waals surface area (Å²) in [5, 5.41) is 0. The molecule has 1 aliphatic rings. The van der Waals surface area contributed by atoms with E-state index in [9.17, 15) is 0 Å². The zero-order valence-electron chi connectivity index (χ0n) is 12.0. The van der Waals surface area contributed by atoms with E-state index in [0.29, 0.717) is 0 Å². The lowest BCUT2D eigenvalue weighted by atomic mass is 9.85. The molecule has 1 aromatic carbocycles. The minimum Gasteiger partial charge on any atom is -0.489 e. The maximum Gasteiger partial charge on any atom is 0.123 e. The van der Waals surface area contributed by atoms with Gasteiger partial charge in [-0.05, 0) is 68.7 Å². The maximum absolute atomic E-state index is 6.21. The highest BCUT2D eigenvalue weighted by molar-refractivity contribution is 5.42. The van der Waals surface area contributed by atoms with E-state index in [-0.39, 0.29) is 12.1 Å². The monoisotopic (exact) mass is 247 g/mol. The molecule has 0 spiro atoms. The number of ether oxygens (including phenoxy) is 1. The summed E-state index contributed by atoms with van der Waals surface area (Å²) < 4.78 is 6.21. The second-order valence-electron chi connectivity index (χ2n) is 5.94. The van der Waals surface area contributed by atoms with Crippen LogP contribution in [0.4, 0.5) is 0 Å². The largest absolute Gasteiger partial charge is 0.489 e. The highest BCUT2D eigenvalue weighted by Crippen LogP contribution is 2.30. The number of aryl methyl sites for hydroxylation is 2. The minimum atomic E-state index is 0.175. The highest BCUT2D eigenvalue weighted by atomic mass is 16.5. The Bertz CT molecular complexity index is 427. The molecule has 0 saturated heterocycles. The van der Waals surface area contributed by atoms with Crippen LogP contribution in [0, 0.1) is 26.7 Å². The molecule has 0 radical (unpaired) electrons. The fourth-order valence-electron chi connectivity index (χ4n) is 2.77. The molecule has 3 atom stereocenters. The molecule has 2 rings (SSSR count). The molecule has 100 valence electrons. The summed E-state index contributed by atoms with van der Waals surface area (Å²) in [6.07, 6.45) is 3.56. The van der Waals surface area contributed by atoms with Crippen LogP contribution in [0.2, 0.25) is 0 Å². The number of hydrogen-bond donors (Lipinski definition) is 1. The van der Waals surface area contributed by atoms with Gasteiger partial charge in [0.05, 0.1) is 0 Å². The Hall–Kier alpha value is -1.02. The van der Waals surface area contributed by atoms with Gasteiger partial charge in [0, 0.05) is 6.04 Å². The minimum absolute atomic E-state index is 0.175. The third kappa shape index (κ3) is 2.86. The Morgan fingerprint density at radius 3 is 2.61 bits per heavy atom. The summed E-state index contributed by atoms with van der Waals surface area (Å²) in [6, 6.07) is 4.52. The van der Waals surface area contributed by atoms with Crippen molar-refractivity contribution in [2.45, 2.75) is 59.1 Å². The topological polar surface area (TPSA) is 35.2 Å². The van der Waals surface area contributed by atoms with Crippen molar-refractivity contribution >= 4 is 0 Å². The molecule has 2 nitrogen and oxygen atoms in total. The standard InChI is InChI=1S/C16H25NO/c1-10-5-6-14(17)16(8-10)18-15-9-11(2)7-12(3)13(15)4/h7,9-10,14,16H,5-6,8,17H2,1-4H3. The molecule has 0 heterocycles. The van der Waals surface area contributed by atoms with Crippen molar-refractivity contribution in [3.05, 3.63) is 28.8 Å². The quantitative estimate of drug-likeness (QED) is 0.868. The highest BCUT2D eigenvalue weighted by Gasteiger charge is 2.28. The van der Waals surface area contributed by atoms with E-state index >= 15 is 0 Å². The van der Waals surface area contributed by atoms with Crippen molar-refractivity contribution in [3.8, 4) is 5.75 Å². The van der Waals surface area contributed by atoms with Gasteiger partial charge in [0.25, 0.3) is 0 Å². The van der Waals surface area contributed by atoms with Crippen LogP contribution in [-0.4, -0.2) is 12.1 Å². The van der Waals surface area contributed by atoms with Gasteiger partial charge in [-0.25, -0.2) is 0 Å². The first-order chi connectivity index (χ1) is 8.47. The summed E-state index contributed by atoms with van der Waals surface area (Å²) in [5.74, 6) is 1.74. The van der Waals surface area contributed by atoms with Crippen LogP contribution in [0.1, 0.15) is 42.9 Å². The molecule has 2 N–H and O–H groups in total. The third-order valence-corrected chi connectivity index (χ3v) is 4.15. The molecule has 1 saturated carbocycles. The van der Waals surface area contributed by atoms with E-state index in [2.05, 4.69) is 39.8 Å². The molecule has 0 amide bonds. The first kappa shape index (κ1) is 13.4. The van der Waals surface area contributed by atoms with Crippen LogP contribution in [-0.2, 0) is 0 Å². The second kappa shape index (κ2) is 5.31. The first-order valence-corrected chi connectivity index (χ1v) is 6.97. The molecule has 0 bridgehead atoms. The zero-order valence-corrected chi connectivity index (χ0v) is 12.0. The van der Waals surface area contributed by atoms with Gasteiger partial charge in [0.1, 0.15) is 11.9 Å². The van der Waals surface area contributed by atoms with E-state index in [1.165, 1.54) is 23.1 Å². The third-order valence-electron chi connectivity index (χ3n) is 4.15. The van der Waals surface area contributed by atoms with E-state index in [1.807, 2.05) is 0 Å². The Kier molecular flexibility index (Phi) is 3.96. The molecule has 0 aliphatic heterocycles. The molecule has 2 heteroatoms. The van der Waals surface area contributed by atoms with Gasteiger partial charge in [0.2, 0.25) is 0 Å². The summed E-state index contributed by atoms with van der Waals surface area (Å²) in [6.45, 7) is 8.67. The SMILES string of the molecule is Cc1cc(C)c(C)c(OC2CC(C)CCC2N)c1. The number of benzene rings is 1.